The highest BCUT2D eigenvalue weighted by Crippen LogP contribution is 2.44. The van der Waals surface area contributed by atoms with Crippen molar-refractivity contribution in [2.45, 2.75) is 11.9 Å². The maximum Gasteiger partial charge on any atom is 0.349 e. The topological polar surface area (TPSA) is 107 Å². The second-order valence-electron chi connectivity index (χ2n) is 3.76. The van der Waals surface area contributed by atoms with Crippen LogP contribution in [0.4, 0.5) is 0 Å². The third-order valence-corrected chi connectivity index (χ3v) is 6.90. The molecule has 108 valence electrons. The summed E-state index contributed by atoms with van der Waals surface area (Å²) in [6.45, 7) is -0.738. The van der Waals surface area contributed by atoms with Crippen molar-refractivity contribution in [3.05, 3.63) is 0 Å². The van der Waals surface area contributed by atoms with Crippen LogP contribution in [-0.4, -0.2) is 57.8 Å². The maximum absolute atomic E-state index is 11.6. The van der Waals surface area contributed by atoms with E-state index in [1.165, 1.54) is 6.92 Å². The predicted octanol–water partition coefficient (Wildman–Crippen LogP) is 0.0758. The fraction of sp³-hybridized carbons (Fsp3) is 0.875. The van der Waals surface area contributed by atoms with Crippen LogP contribution in [0.3, 0.4) is 0 Å². The van der Waals surface area contributed by atoms with Gasteiger partial charge >= 0.3 is 5.97 Å². The Hall–Kier alpha value is 0.710. The highest BCUT2D eigenvalue weighted by atomic mass is 33.7. The third kappa shape index (κ3) is 5.78. The van der Waals surface area contributed by atoms with Gasteiger partial charge in [0, 0.05) is 0 Å². The first kappa shape index (κ1) is 18.7. The Morgan fingerprint density at radius 2 is 1.78 bits per heavy atom. The minimum atomic E-state index is -1.77. The molecule has 0 heterocycles. The molecule has 0 bridgehead atoms. The smallest absolute Gasteiger partial charge is 0.349 e. The Balaban J connectivity index is 4.39. The highest BCUT2D eigenvalue weighted by molar-refractivity contribution is 9.24. The average molecular weight is 336 g/mol. The van der Waals surface area contributed by atoms with Crippen molar-refractivity contribution in [2.75, 3.05) is 26.4 Å². The molecule has 0 aromatic carbocycles. The Morgan fingerprint density at radius 3 is 2.17 bits per heavy atom. The zero-order valence-corrected chi connectivity index (χ0v) is 12.9. The predicted molar refractivity (Wildman–Crippen MR) is 77.0 cm³/mol. The number of thiol groups is 1. The summed E-state index contributed by atoms with van der Waals surface area (Å²) in [5.74, 6) is -0.915. The van der Waals surface area contributed by atoms with Gasteiger partial charge in [0.15, 0.2) is 0 Å². The summed E-state index contributed by atoms with van der Waals surface area (Å²) in [5.41, 5.74) is -1.30. The van der Waals surface area contributed by atoms with Crippen LogP contribution in [-0.2, 0) is 9.53 Å². The summed E-state index contributed by atoms with van der Waals surface area (Å²) in [6.07, 6.45) is 0. The van der Waals surface area contributed by atoms with Crippen LogP contribution in [0.15, 0.2) is 0 Å². The van der Waals surface area contributed by atoms with E-state index in [0.29, 0.717) is 0 Å². The summed E-state index contributed by atoms with van der Waals surface area (Å²) in [5, 5.41) is 36.9. The SMILES string of the molecule is CC(O)(SSSS)C(=O)OCC(CO)(CO)CO. The molecular formula is C8H16O6S4. The van der Waals surface area contributed by atoms with Crippen molar-refractivity contribution in [1.82, 2.24) is 0 Å². The average Bonchev–Trinajstić information content (AvgIpc) is 2.38. The van der Waals surface area contributed by atoms with Crippen LogP contribution in [0.1, 0.15) is 6.92 Å². The normalized spacial score (nSPS) is 15.2. The lowest BCUT2D eigenvalue weighted by Gasteiger charge is -2.28. The van der Waals surface area contributed by atoms with E-state index in [9.17, 15) is 9.90 Å². The molecule has 0 aliphatic rings. The zero-order valence-electron chi connectivity index (χ0n) is 9.61. The van der Waals surface area contributed by atoms with E-state index in [0.717, 1.165) is 30.4 Å². The quantitative estimate of drug-likeness (QED) is 0.173. The molecule has 4 N–H and O–H groups in total. The van der Waals surface area contributed by atoms with Gasteiger partial charge in [-0.15, -0.1) is 0 Å². The number of rotatable bonds is 9. The molecule has 18 heavy (non-hydrogen) atoms. The lowest BCUT2D eigenvalue weighted by atomic mass is 9.93. The first-order chi connectivity index (χ1) is 8.37. The molecule has 0 aliphatic heterocycles. The van der Waals surface area contributed by atoms with Crippen molar-refractivity contribution >= 4 is 48.1 Å². The fourth-order valence-corrected chi connectivity index (χ4v) is 4.03. The third-order valence-electron chi connectivity index (χ3n) is 2.12. The molecule has 0 radical (unpaired) electrons. The van der Waals surface area contributed by atoms with Crippen LogP contribution in [0.5, 0.6) is 0 Å². The van der Waals surface area contributed by atoms with Gasteiger partial charge in [-0.3, -0.25) is 0 Å². The minimum absolute atomic E-state index is 0.384. The van der Waals surface area contributed by atoms with E-state index in [2.05, 4.69) is 11.7 Å². The van der Waals surface area contributed by atoms with Gasteiger partial charge in [0.2, 0.25) is 4.93 Å². The van der Waals surface area contributed by atoms with Crippen LogP contribution in [0, 0.1) is 5.41 Å². The molecule has 0 amide bonds. The summed E-state index contributed by atoms with van der Waals surface area (Å²) in [4.78, 5) is 9.81. The second kappa shape index (κ2) is 8.80. The monoisotopic (exact) mass is 336 g/mol. The Kier molecular flexibility index (Phi) is 9.14. The maximum atomic E-state index is 11.6. The van der Waals surface area contributed by atoms with Crippen LogP contribution >= 0.6 is 42.1 Å². The number of aliphatic hydroxyl groups excluding tert-OH is 3. The van der Waals surface area contributed by atoms with E-state index in [4.69, 9.17) is 20.1 Å². The van der Waals surface area contributed by atoms with E-state index < -0.39 is 36.1 Å². The summed E-state index contributed by atoms with van der Waals surface area (Å²) >= 11 is 3.84. The van der Waals surface area contributed by atoms with Gasteiger partial charge < -0.3 is 25.2 Å². The number of hydrogen-bond donors (Lipinski definition) is 5. The largest absolute Gasteiger partial charge is 0.462 e. The molecular weight excluding hydrogens is 320 g/mol. The molecule has 0 saturated carbocycles. The van der Waals surface area contributed by atoms with Crippen LogP contribution < -0.4 is 0 Å². The van der Waals surface area contributed by atoms with Crippen molar-refractivity contribution in [3.63, 3.8) is 0 Å². The lowest BCUT2D eigenvalue weighted by molar-refractivity contribution is -0.162. The van der Waals surface area contributed by atoms with Crippen molar-refractivity contribution in [2.24, 2.45) is 5.41 Å². The summed E-state index contributed by atoms with van der Waals surface area (Å²) in [7, 11) is 3.02. The number of hydrogen-bond acceptors (Lipinski definition) is 10. The van der Waals surface area contributed by atoms with Gasteiger partial charge in [0.25, 0.3) is 0 Å². The molecule has 0 aliphatic carbocycles. The van der Waals surface area contributed by atoms with Crippen molar-refractivity contribution < 1.29 is 30.0 Å². The van der Waals surface area contributed by atoms with Gasteiger partial charge in [0.05, 0.1) is 25.2 Å². The standard InChI is InChI=1S/C8H16O6S4/c1-7(13,16-18-17-15)6(12)14-5-8(2-9,3-10)4-11/h9-11,13,15H,2-5H2,1H3. The molecule has 0 saturated heterocycles. The summed E-state index contributed by atoms with van der Waals surface area (Å²) < 4.78 is 4.80. The van der Waals surface area contributed by atoms with Gasteiger partial charge in [-0.25, -0.2) is 4.79 Å². The highest BCUT2D eigenvalue weighted by Gasteiger charge is 2.37. The number of ether oxygens (including phenoxy) is 1. The van der Waals surface area contributed by atoms with Gasteiger partial charge in [-0.2, -0.15) is 0 Å². The van der Waals surface area contributed by atoms with Crippen LogP contribution in [0.2, 0.25) is 0 Å². The Bertz CT molecular complexity index is 250. The molecule has 0 fully saturated rings. The van der Waals surface area contributed by atoms with Gasteiger partial charge in [-0.05, 0) is 37.4 Å². The van der Waals surface area contributed by atoms with Gasteiger partial charge in [-0.1, -0.05) is 11.7 Å². The van der Waals surface area contributed by atoms with E-state index in [1.54, 1.807) is 0 Å². The molecule has 0 aromatic heterocycles. The number of carbonyl (C=O) groups is 1. The molecule has 0 rings (SSSR count). The number of carbonyl (C=O) groups excluding carboxylic acids is 1. The molecule has 6 nitrogen and oxygen atoms in total. The molecule has 0 spiro atoms. The first-order valence-corrected chi connectivity index (χ1v) is 9.29. The van der Waals surface area contributed by atoms with E-state index in [1.807, 2.05) is 0 Å². The number of aliphatic hydroxyl groups is 4. The molecule has 10 heteroatoms. The summed E-state index contributed by atoms with van der Waals surface area (Å²) in [6, 6.07) is 0. The fourth-order valence-electron chi connectivity index (χ4n) is 0.755. The van der Waals surface area contributed by atoms with E-state index in [-0.39, 0.29) is 6.61 Å². The van der Waals surface area contributed by atoms with Crippen molar-refractivity contribution in [1.29, 1.82) is 0 Å². The Labute approximate surface area is 121 Å². The number of esters is 1. The van der Waals surface area contributed by atoms with Gasteiger partial charge in [0.1, 0.15) is 6.61 Å². The minimum Gasteiger partial charge on any atom is -0.462 e. The molecule has 0 aromatic rings. The lowest BCUT2D eigenvalue weighted by Crippen LogP contribution is -2.42. The Morgan fingerprint density at radius 1 is 1.28 bits per heavy atom. The van der Waals surface area contributed by atoms with Crippen LogP contribution in [0.25, 0.3) is 0 Å². The second-order valence-corrected chi connectivity index (χ2v) is 8.93. The van der Waals surface area contributed by atoms with Crippen molar-refractivity contribution in [3.8, 4) is 0 Å². The zero-order chi connectivity index (χ0) is 14.2. The first-order valence-electron chi connectivity index (χ1n) is 4.75. The van der Waals surface area contributed by atoms with E-state index >= 15 is 0 Å². The molecule has 1 unspecified atom stereocenters. The molecule has 1 atom stereocenters.